The van der Waals surface area contributed by atoms with Gasteiger partial charge in [-0.3, -0.25) is 4.90 Å². The minimum Gasteiger partial charge on any atom is -0.262 e. The van der Waals surface area contributed by atoms with Crippen molar-refractivity contribution in [1.29, 1.82) is 0 Å². The van der Waals surface area contributed by atoms with E-state index in [0.29, 0.717) is 0 Å². The summed E-state index contributed by atoms with van der Waals surface area (Å²) in [4.78, 5) is 15.0. The number of anilines is 3. The summed E-state index contributed by atoms with van der Waals surface area (Å²) in [5.41, 5.74) is 0. The van der Waals surface area contributed by atoms with E-state index in [9.17, 15) is 0 Å². The van der Waals surface area contributed by atoms with Crippen LogP contribution in [0.5, 0.6) is 0 Å². The molecule has 0 aromatic carbocycles. The van der Waals surface area contributed by atoms with Crippen molar-refractivity contribution in [3.63, 3.8) is 0 Å². The highest BCUT2D eigenvalue weighted by Gasteiger charge is 2.14. The second kappa shape index (κ2) is 5.27. The lowest BCUT2D eigenvalue weighted by Crippen LogP contribution is -2.13. The second-order valence-corrected chi connectivity index (χ2v) is 3.90. The van der Waals surface area contributed by atoms with Gasteiger partial charge in [-0.15, -0.1) is 0 Å². The molecule has 0 amide bonds. The molecule has 0 unspecified atom stereocenters. The Morgan fingerprint density at radius 3 is 1.16 bits per heavy atom. The molecule has 4 heteroatoms. The molecule has 0 spiro atoms. The van der Waals surface area contributed by atoms with Crippen LogP contribution in [-0.4, -0.2) is 15.0 Å². The minimum absolute atomic E-state index is 0.792. The fraction of sp³-hybridized carbons (Fsp3) is 0. The monoisotopic (exact) mass is 248 g/mol. The fourth-order valence-corrected chi connectivity index (χ4v) is 1.81. The van der Waals surface area contributed by atoms with E-state index in [-0.39, 0.29) is 0 Å². The highest BCUT2D eigenvalue weighted by atomic mass is 15.3. The van der Waals surface area contributed by atoms with E-state index in [4.69, 9.17) is 0 Å². The SMILES string of the molecule is c1ccc(N(c2ccccn2)c2ccccn2)nc1. The van der Waals surface area contributed by atoms with Crippen molar-refractivity contribution in [3.05, 3.63) is 73.2 Å². The van der Waals surface area contributed by atoms with Gasteiger partial charge in [0.05, 0.1) is 0 Å². The van der Waals surface area contributed by atoms with Gasteiger partial charge in [-0.05, 0) is 36.4 Å². The van der Waals surface area contributed by atoms with Crippen LogP contribution in [0.3, 0.4) is 0 Å². The van der Waals surface area contributed by atoms with E-state index in [1.807, 2.05) is 59.5 Å². The molecule has 0 saturated carbocycles. The molecule has 0 bridgehead atoms. The third-order valence-corrected chi connectivity index (χ3v) is 2.64. The number of rotatable bonds is 3. The number of pyridine rings is 3. The van der Waals surface area contributed by atoms with Crippen LogP contribution >= 0.6 is 0 Å². The summed E-state index contributed by atoms with van der Waals surface area (Å²) in [6, 6.07) is 17.3. The second-order valence-electron chi connectivity index (χ2n) is 3.90. The molecule has 0 radical (unpaired) electrons. The van der Waals surface area contributed by atoms with Gasteiger partial charge in [-0.25, -0.2) is 15.0 Å². The van der Waals surface area contributed by atoms with Gasteiger partial charge in [0, 0.05) is 18.6 Å². The summed E-state index contributed by atoms with van der Waals surface area (Å²) in [5, 5.41) is 0. The highest BCUT2D eigenvalue weighted by Crippen LogP contribution is 2.28. The first-order valence-corrected chi connectivity index (χ1v) is 5.98. The van der Waals surface area contributed by atoms with Crippen LogP contribution in [0.2, 0.25) is 0 Å². The van der Waals surface area contributed by atoms with Crippen molar-refractivity contribution in [1.82, 2.24) is 15.0 Å². The van der Waals surface area contributed by atoms with E-state index in [2.05, 4.69) is 15.0 Å². The van der Waals surface area contributed by atoms with Crippen LogP contribution in [0.4, 0.5) is 17.5 Å². The number of aromatic nitrogens is 3. The zero-order valence-electron chi connectivity index (χ0n) is 10.2. The molecular weight excluding hydrogens is 236 g/mol. The zero-order chi connectivity index (χ0) is 12.9. The van der Waals surface area contributed by atoms with Crippen LogP contribution in [0.15, 0.2) is 73.2 Å². The van der Waals surface area contributed by atoms with Crippen molar-refractivity contribution < 1.29 is 0 Å². The van der Waals surface area contributed by atoms with Gasteiger partial charge in [0.25, 0.3) is 0 Å². The largest absolute Gasteiger partial charge is 0.262 e. The first kappa shape index (κ1) is 11.3. The molecule has 0 fully saturated rings. The van der Waals surface area contributed by atoms with Crippen molar-refractivity contribution in [2.24, 2.45) is 0 Å². The zero-order valence-corrected chi connectivity index (χ0v) is 10.2. The van der Waals surface area contributed by atoms with Crippen LogP contribution in [0.25, 0.3) is 0 Å². The first-order chi connectivity index (χ1) is 9.45. The fourth-order valence-electron chi connectivity index (χ4n) is 1.81. The molecule has 0 N–H and O–H groups in total. The predicted molar refractivity (Wildman–Crippen MR) is 74.5 cm³/mol. The molecule has 0 saturated heterocycles. The molecule has 0 aliphatic carbocycles. The maximum Gasteiger partial charge on any atom is 0.139 e. The summed E-state index contributed by atoms with van der Waals surface area (Å²) in [5.74, 6) is 2.37. The summed E-state index contributed by atoms with van der Waals surface area (Å²) in [6.07, 6.45) is 5.27. The molecular formula is C15H12N4. The third kappa shape index (κ3) is 2.42. The summed E-state index contributed by atoms with van der Waals surface area (Å²) < 4.78 is 0. The molecule has 4 nitrogen and oxygen atoms in total. The molecule has 0 atom stereocenters. The smallest absolute Gasteiger partial charge is 0.139 e. The molecule has 3 aromatic heterocycles. The Morgan fingerprint density at radius 1 is 0.526 bits per heavy atom. The van der Waals surface area contributed by atoms with Gasteiger partial charge >= 0.3 is 0 Å². The Morgan fingerprint density at radius 2 is 0.895 bits per heavy atom. The standard InChI is InChI=1S/C15H12N4/c1-4-10-16-13(7-1)19(14-8-2-5-11-17-14)15-9-3-6-12-18-15/h1-12H. The average molecular weight is 248 g/mol. The number of hydrogen-bond donors (Lipinski definition) is 0. The molecule has 92 valence electrons. The molecule has 19 heavy (non-hydrogen) atoms. The normalized spacial score (nSPS) is 10.1. The maximum atomic E-state index is 4.38. The highest BCUT2D eigenvalue weighted by molar-refractivity contribution is 5.68. The summed E-state index contributed by atoms with van der Waals surface area (Å²) >= 11 is 0. The van der Waals surface area contributed by atoms with E-state index in [0.717, 1.165) is 17.5 Å². The maximum absolute atomic E-state index is 4.38. The molecule has 3 aromatic rings. The van der Waals surface area contributed by atoms with E-state index in [1.54, 1.807) is 18.6 Å². The van der Waals surface area contributed by atoms with Crippen LogP contribution in [0, 0.1) is 0 Å². The topological polar surface area (TPSA) is 41.9 Å². The minimum atomic E-state index is 0.792. The van der Waals surface area contributed by atoms with Crippen molar-refractivity contribution in [2.75, 3.05) is 4.90 Å². The van der Waals surface area contributed by atoms with Crippen LogP contribution in [-0.2, 0) is 0 Å². The van der Waals surface area contributed by atoms with Crippen molar-refractivity contribution >= 4 is 17.5 Å². The Hall–Kier alpha value is -2.75. The average Bonchev–Trinajstić information content (AvgIpc) is 2.51. The first-order valence-electron chi connectivity index (χ1n) is 5.98. The van der Waals surface area contributed by atoms with Crippen molar-refractivity contribution in [2.45, 2.75) is 0 Å². The van der Waals surface area contributed by atoms with Gasteiger partial charge in [-0.1, -0.05) is 18.2 Å². The Bertz CT molecular complexity index is 532. The van der Waals surface area contributed by atoms with E-state index in [1.165, 1.54) is 0 Å². The lowest BCUT2D eigenvalue weighted by molar-refractivity contribution is 1.08. The quantitative estimate of drug-likeness (QED) is 0.713. The van der Waals surface area contributed by atoms with Gasteiger partial charge in [0.15, 0.2) is 0 Å². The molecule has 0 aliphatic heterocycles. The van der Waals surface area contributed by atoms with Crippen LogP contribution in [0.1, 0.15) is 0 Å². The number of nitrogens with zero attached hydrogens (tertiary/aromatic N) is 4. The van der Waals surface area contributed by atoms with Gasteiger partial charge in [0.1, 0.15) is 17.5 Å². The van der Waals surface area contributed by atoms with E-state index >= 15 is 0 Å². The molecule has 3 heterocycles. The lowest BCUT2D eigenvalue weighted by atomic mass is 10.3. The van der Waals surface area contributed by atoms with Crippen LogP contribution < -0.4 is 4.90 Å². The Kier molecular flexibility index (Phi) is 3.14. The van der Waals surface area contributed by atoms with Gasteiger partial charge in [0.2, 0.25) is 0 Å². The molecule has 0 aliphatic rings. The van der Waals surface area contributed by atoms with Crippen molar-refractivity contribution in [3.8, 4) is 0 Å². The third-order valence-electron chi connectivity index (χ3n) is 2.64. The van der Waals surface area contributed by atoms with E-state index < -0.39 is 0 Å². The lowest BCUT2D eigenvalue weighted by Gasteiger charge is -2.21. The predicted octanol–water partition coefficient (Wildman–Crippen LogP) is 3.34. The summed E-state index contributed by atoms with van der Waals surface area (Å²) in [6.45, 7) is 0. The van der Waals surface area contributed by atoms with Gasteiger partial charge < -0.3 is 0 Å². The Balaban J connectivity index is 2.12. The Labute approximate surface area is 111 Å². The summed E-state index contributed by atoms with van der Waals surface area (Å²) in [7, 11) is 0. The number of hydrogen-bond acceptors (Lipinski definition) is 4. The molecule has 3 rings (SSSR count). The van der Waals surface area contributed by atoms with Gasteiger partial charge in [-0.2, -0.15) is 0 Å².